The normalized spacial score (nSPS) is 18.1. The van der Waals surface area contributed by atoms with Gasteiger partial charge in [0.05, 0.1) is 11.4 Å². The summed E-state index contributed by atoms with van der Waals surface area (Å²) in [7, 11) is 3.97. The molecule has 3 aromatic carbocycles. The third-order valence-electron chi connectivity index (χ3n) is 7.38. The Bertz CT molecular complexity index is 1420. The summed E-state index contributed by atoms with van der Waals surface area (Å²) in [6.45, 7) is 1.83. The molecule has 6 nitrogen and oxygen atoms in total. The average molecular weight is 512 g/mol. The van der Waals surface area contributed by atoms with E-state index in [1.54, 1.807) is 6.07 Å². The molecule has 0 radical (unpaired) electrons. The van der Waals surface area contributed by atoms with Crippen molar-refractivity contribution in [3.63, 3.8) is 0 Å². The van der Waals surface area contributed by atoms with Gasteiger partial charge in [-0.15, -0.1) is 0 Å². The van der Waals surface area contributed by atoms with Crippen LogP contribution in [0.4, 0.5) is 16.2 Å². The molecule has 0 unspecified atom stereocenters. The molecule has 1 aromatic heterocycles. The second-order valence-electron chi connectivity index (χ2n) is 10.3. The summed E-state index contributed by atoms with van der Waals surface area (Å²) in [5, 5.41) is 7.73. The number of rotatable bonds is 7. The number of benzene rings is 3. The molecule has 196 valence electrons. The number of fused-ring (bicyclic) bond motifs is 1. The first-order valence-electron chi connectivity index (χ1n) is 13.2. The Hall–Kier alpha value is -4.00. The highest BCUT2D eigenvalue weighted by Gasteiger charge is 2.26. The van der Waals surface area contributed by atoms with E-state index in [1.807, 2.05) is 86.6 Å². The van der Waals surface area contributed by atoms with Crippen LogP contribution in [0.5, 0.6) is 0 Å². The summed E-state index contributed by atoms with van der Waals surface area (Å²) in [5.74, 6) is 0.714. The van der Waals surface area contributed by atoms with Crippen LogP contribution in [0, 0.1) is 5.82 Å². The molecule has 0 spiro atoms. The van der Waals surface area contributed by atoms with Gasteiger partial charge >= 0.3 is 0 Å². The van der Waals surface area contributed by atoms with Crippen molar-refractivity contribution in [3.05, 3.63) is 84.2 Å². The largest absolute Gasteiger partial charge is 0.362 e. The first-order valence-corrected chi connectivity index (χ1v) is 13.2. The Kier molecular flexibility index (Phi) is 7.54. The van der Waals surface area contributed by atoms with Crippen LogP contribution in [0.15, 0.2) is 72.8 Å². The number of aromatic nitrogens is 2. The lowest BCUT2D eigenvalue weighted by molar-refractivity contribution is -0.123. The van der Waals surface area contributed by atoms with Crippen molar-refractivity contribution in [2.24, 2.45) is 0 Å². The smallest absolute Gasteiger partial charge is 0.227 e. The molecule has 7 heteroatoms. The molecule has 2 N–H and O–H groups in total. The molecule has 4 aromatic rings. The molecular weight excluding hydrogens is 477 g/mol. The molecule has 0 aliphatic heterocycles. The Morgan fingerprint density at radius 1 is 0.921 bits per heavy atom. The average Bonchev–Trinajstić information content (AvgIpc) is 2.93. The van der Waals surface area contributed by atoms with Gasteiger partial charge in [-0.3, -0.25) is 4.79 Å². The van der Waals surface area contributed by atoms with Gasteiger partial charge in [-0.2, -0.15) is 4.98 Å². The van der Waals surface area contributed by atoms with Crippen LogP contribution >= 0.6 is 0 Å². The van der Waals surface area contributed by atoms with Crippen LogP contribution in [-0.4, -0.2) is 42.1 Å². The molecule has 1 aliphatic rings. The number of carbonyl (C=O) groups excluding carboxylic acids is 1. The zero-order chi connectivity index (χ0) is 26.6. The van der Waals surface area contributed by atoms with Crippen molar-refractivity contribution in [2.75, 3.05) is 24.3 Å². The maximum atomic E-state index is 14.8. The lowest BCUT2D eigenvalue weighted by Crippen LogP contribution is -2.41. The number of amides is 1. The van der Waals surface area contributed by atoms with E-state index in [4.69, 9.17) is 9.97 Å². The van der Waals surface area contributed by atoms with Crippen LogP contribution < -0.4 is 15.5 Å². The zero-order valence-corrected chi connectivity index (χ0v) is 22.1. The molecular formula is C31H34FN5O. The van der Waals surface area contributed by atoms with Gasteiger partial charge in [0.2, 0.25) is 11.9 Å². The van der Waals surface area contributed by atoms with E-state index in [1.165, 1.54) is 6.07 Å². The van der Waals surface area contributed by atoms with Gasteiger partial charge in [-0.05, 0) is 61.9 Å². The molecule has 1 atom stereocenters. The zero-order valence-electron chi connectivity index (χ0n) is 22.1. The number of hydrogen-bond acceptors (Lipinski definition) is 5. The highest BCUT2D eigenvalue weighted by molar-refractivity contribution is 5.90. The van der Waals surface area contributed by atoms with Crippen molar-refractivity contribution < 1.29 is 9.18 Å². The van der Waals surface area contributed by atoms with Crippen molar-refractivity contribution in [1.29, 1.82) is 0 Å². The fourth-order valence-electron chi connectivity index (χ4n) is 5.16. The Labute approximate surface area is 223 Å². The number of hydrogen-bond donors (Lipinski definition) is 2. The third kappa shape index (κ3) is 5.62. The topological polar surface area (TPSA) is 70.2 Å². The lowest BCUT2D eigenvalue weighted by Gasteiger charge is -2.30. The minimum absolute atomic E-state index is 0.0678. The van der Waals surface area contributed by atoms with Gasteiger partial charge in [0.25, 0.3) is 0 Å². The van der Waals surface area contributed by atoms with Crippen LogP contribution in [0.25, 0.3) is 22.0 Å². The minimum Gasteiger partial charge on any atom is -0.362 e. The van der Waals surface area contributed by atoms with Crippen LogP contribution in [0.3, 0.4) is 0 Å². The minimum atomic E-state index is -0.430. The fourth-order valence-corrected chi connectivity index (χ4v) is 5.16. The Morgan fingerprint density at radius 3 is 2.32 bits per heavy atom. The van der Waals surface area contributed by atoms with Gasteiger partial charge in [0, 0.05) is 37.1 Å². The van der Waals surface area contributed by atoms with E-state index in [-0.39, 0.29) is 23.8 Å². The molecule has 0 saturated heterocycles. The van der Waals surface area contributed by atoms with Gasteiger partial charge in [0.1, 0.15) is 11.6 Å². The van der Waals surface area contributed by atoms with E-state index >= 15 is 0 Å². The summed E-state index contributed by atoms with van der Waals surface area (Å²) in [6, 6.07) is 22.9. The monoisotopic (exact) mass is 511 g/mol. The molecule has 0 bridgehead atoms. The number of nitrogens with zero attached hydrogens (tertiary/aromatic N) is 3. The maximum absolute atomic E-state index is 14.8. The predicted molar refractivity (Wildman–Crippen MR) is 152 cm³/mol. The van der Waals surface area contributed by atoms with Crippen molar-refractivity contribution in [3.8, 4) is 11.1 Å². The van der Waals surface area contributed by atoms with Gasteiger partial charge < -0.3 is 15.5 Å². The van der Waals surface area contributed by atoms with Crippen LogP contribution in [-0.2, 0) is 4.79 Å². The van der Waals surface area contributed by atoms with E-state index in [0.717, 1.165) is 48.0 Å². The summed E-state index contributed by atoms with van der Waals surface area (Å²) in [6.07, 6.45) is 3.55. The van der Waals surface area contributed by atoms with E-state index in [0.29, 0.717) is 17.1 Å². The predicted octanol–water partition coefficient (Wildman–Crippen LogP) is 6.14. The molecule has 1 aliphatic carbocycles. The summed E-state index contributed by atoms with van der Waals surface area (Å²) in [5.41, 5.74) is 2.96. The molecule has 38 heavy (non-hydrogen) atoms. The first-order chi connectivity index (χ1) is 18.4. The summed E-state index contributed by atoms with van der Waals surface area (Å²) in [4.78, 5) is 24.5. The Balaban J connectivity index is 1.17. The van der Waals surface area contributed by atoms with Gasteiger partial charge in [-0.1, -0.05) is 54.6 Å². The number of halogens is 1. The van der Waals surface area contributed by atoms with E-state index < -0.39 is 5.92 Å². The number of para-hydroxylation sites is 1. The standard InChI is InChI=1S/C31H34FN5O/c1-20(22-13-18-25(27(32)19-22)21-9-5-4-6-10-21)30(38)33-23-14-16-24(17-15-23)34-31-35-28-12-8-7-11-26(28)29(36-31)37(2)3/h4-13,18-20,23-24H,14-17H2,1-3H3,(H,33,38)(H,34,35,36)/t20-,23?,24?/m0/s1. The molecule has 1 fully saturated rings. The second-order valence-corrected chi connectivity index (χ2v) is 10.3. The van der Waals surface area contributed by atoms with E-state index in [2.05, 4.69) is 10.6 Å². The summed E-state index contributed by atoms with van der Waals surface area (Å²) < 4.78 is 14.8. The fraction of sp³-hybridized carbons (Fsp3) is 0.323. The van der Waals surface area contributed by atoms with Crippen LogP contribution in [0.1, 0.15) is 44.1 Å². The Morgan fingerprint density at radius 2 is 1.61 bits per heavy atom. The lowest BCUT2D eigenvalue weighted by atomic mass is 9.90. The molecule has 1 amide bonds. The van der Waals surface area contributed by atoms with Crippen molar-refractivity contribution in [1.82, 2.24) is 15.3 Å². The van der Waals surface area contributed by atoms with Gasteiger partial charge in [-0.25, -0.2) is 9.37 Å². The second kappa shape index (κ2) is 11.2. The highest BCUT2D eigenvalue weighted by Crippen LogP contribution is 2.28. The van der Waals surface area contributed by atoms with Crippen LogP contribution in [0.2, 0.25) is 0 Å². The molecule has 1 saturated carbocycles. The molecule has 5 rings (SSSR count). The highest BCUT2D eigenvalue weighted by atomic mass is 19.1. The number of carbonyl (C=O) groups is 1. The number of anilines is 2. The summed E-state index contributed by atoms with van der Waals surface area (Å²) >= 11 is 0. The molecule has 1 heterocycles. The maximum Gasteiger partial charge on any atom is 0.227 e. The SMILES string of the molecule is C[C@H](C(=O)NC1CCC(Nc2nc(N(C)C)c3ccccc3n2)CC1)c1ccc(-c2ccccc2)c(F)c1. The first kappa shape index (κ1) is 25.6. The van der Waals surface area contributed by atoms with E-state index in [9.17, 15) is 9.18 Å². The van der Waals surface area contributed by atoms with Crippen molar-refractivity contribution >= 4 is 28.6 Å². The quantitative estimate of drug-likeness (QED) is 0.312. The number of nitrogens with one attached hydrogen (secondary N) is 2. The van der Waals surface area contributed by atoms with Crippen molar-refractivity contribution in [2.45, 2.75) is 50.6 Å². The van der Waals surface area contributed by atoms with Gasteiger partial charge in [0.15, 0.2) is 0 Å². The third-order valence-corrected chi connectivity index (χ3v) is 7.38.